The highest BCUT2D eigenvalue weighted by molar-refractivity contribution is 6.04. The van der Waals surface area contributed by atoms with Crippen LogP contribution in [0, 0.1) is 6.92 Å². The van der Waals surface area contributed by atoms with E-state index in [1.54, 1.807) is 13.1 Å². The molecule has 0 aromatic carbocycles. The van der Waals surface area contributed by atoms with Crippen LogP contribution in [0.4, 0.5) is 10.5 Å². The predicted octanol–water partition coefficient (Wildman–Crippen LogP) is 3.51. The Bertz CT molecular complexity index is 526. The third-order valence-electron chi connectivity index (χ3n) is 3.92. The Kier molecular flexibility index (Phi) is 5.20. The molecule has 1 aromatic rings. The van der Waals surface area contributed by atoms with Gasteiger partial charge in [-0.05, 0) is 31.9 Å². The number of urea groups is 1. The van der Waals surface area contributed by atoms with Gasteiger partial charge in [-0.25, -0.2) is 9.79 Å². The van der Waals surface area contributed by atoms with Crippen molar-refractivity contribution in [3.05, 3.63) is 30.6 Å². The number of nitrogens with one attached hydrogen (secondary N) is 2. The minimum Gasteiger partial charge on any atom is -0.363 e. The molecular weight excluding hydrogens is 264 g/mol. The van der Waals surface area contributed by atoms with E-state index >= 15 is 0 Å². The molecule has 0 saturated heterocycles. The molecule has 1 aromatic heterocycles. The van der Waals surface area contributed by atoms with Crippen LogP contribution in [0.25, 0.3) is 0 Å². The van der Waals surface area contributed by atoms with E-state index in [2.05, 4.69) is 21.9 Å². The summed E-state index contributed by atoms with van der Waals surface area (Å²) in [5.74, 6) is 0.547. The first kappa shape index (κ1) is 15.4. The van der Waals surface area contributed by atoms with Gasteiger partial charge >= 0.3 is 6.03 Å². The Morgan fingerprint density at radius 3 is 2.76 bits per heavy atom. The molecule has 1 heterocycles. The summed E-state index contributed by atoms with van der Waals surface area (Å²) in [6.45, 7) is 5.70. The second-order valence-electron chi connectivity index (χ2n) is 5.51. The van der Waals surface area contributed by atoms with Crippen molar-refractivity contribution in [2.45, 2.75) is 45.1 Å². The van der Waals surface area contributed by atoms with Crippen molar-refractivity contribution in [1.82, 2.24) is 15.2 Å². The monoisotopic (exact) mass is 288 g/mol. The summed E-state index contributed by atoms with van der Waals surface area (Å²) < 4.78 is 0. The molecule has 1 aliphatic carbocycles. The average molecular weight is 288 g/mol. The highest BCUT2D eigenvalue weighted by Crippen LogP contribution is 2.19. The van der Waals surface area contributed by atoms with Gasteiger partial charge in [0.05, 0.1) is 5.69 Å². The van der Waals surface area contributed by atoms with Gasteiger partial charge in [-0.1, -0.05) is 25.8 Å². The maximum atomic E-state index is 12.3. The fourth-order valence-electron chi connectivity index (χ4n) is 2.57. The van der Waals surface area contributed by atoms with E-state index in [-0.39, 0.29) is 12.1 Å². The third-order valence-corrected chi connectivity index (χ3v) is 3.92. The molecule has 2 N–H and O–H groups in total. The normalized spacial score (nSPS) is 16.6. The summed E-state index contributed by atoms with van der Waals surface area (Å²) in [5, 5.41) is 3.08. The standard InChI is InChI=1S/C16H24N4O/c1-4-15(19-14-10-11-17-12(14)2)20(3)16(21)18-13-8-6-5-7-9-13/h4,10-11,13,17H,1,5-9H2,2-3H3,(H,18,21). The Morgan fingerprint density at radius 1 is 1.48 bits per heavy atom. The number of nitrogens with zero attached hydrogens (tertiary/aromatic N) is 2. The lowest BCUT2D eigenvalue weighted by Gasteiger charge is -2.26. The van der Waals surface area contributed by atoms with E-state index < -0.39 is 0 Å². The van der Waals surface area contributed by atoms with Crippen molar-refractivity contribution in [3.63, 3.8) is 0 Å². The van der Waals surface area contributed by atoms with Crippen LogP contribution in [0.2, 0.25) is 0 Å². The average Bonchev–Trinajstić information content (AvgIpc) is 2.90. The van der Waals surface area contributed by atoms with Crippen molar-refractivity contribution in [3.8, 4) is 0 Å². The first-order chi connectivity index (χ1) is 10.1. The van der Waals surface area contributed by atoms with Gasteiger partial charge in [-0.3, -0.25) is 4.90 Å². The summed E-state index contributed by atoms with van der Waals surface area (Å²) in [5.41, 5.74) is 1.79. The number of carbonyl (C=O) groups excluding carboxylic acids is 1. The molecule has 114 valence electrons. The molecule has 2 rings (SSSR count). The van der Waals surface area contributed by atoms with Gasteiger partial charge in [0.25, 0.3) is 0 Å². The second kappa shape index (κ2) is 7.11. The molecule has 0 aliphatic heterocycles. The summed E-state index contributed by atoms with van der Waals surface area (Å²) >= 11 is 0. The van der Waals surface area contributed by atoms with Crippen molar-refractivity contribution in [1.29, 1.82) is 0 Å². The Hall–Kier alpha value is -2.04. The smallest absolute Gasteiger partial charge is 0.323 e. The molecule has 0 unspecified atom stereocenters. The van der Waals surface area contributed by atoms with Gasteiger partial charge in [-0.15, -0.1) is 0 Å². The summed E-state index contributed by atoms with van der Waals surface area (Å²) in [6.07, 6.45) is 9.23. The minimum atomic E-state index is -0.117. The summed E-state index contributed by atoms with van der Waals surface area (Å²) in [7, 11) is 1.72. The molecule has 2 amide bonds. The zero-order chi connectivity index (χ0) is 15.2. The number of hydrogen-bond acceptors (Lipinski definition) is 2. The van der Waals surface area contributed by atoms with E-state index in [1.807, 2.05) is 19.2 Å². The van der Waals surface area contributed by atoms with Gasteiger partial charge in [-0.2, -0.15) is 0 Å². The zero-order valence-corrected chi connectivity index (χ0v) is 12.9. The number of aryl methyl sites for hydroxylation is 1. The number of aromatic amines is 1. The molecule has 21 heavy (non-hydrogen) atoms. The molecule has 5 heteroatoms. The lowest BCUT2D eigenvalue weighted by atomic mass is 9.96. The maximum absolute atomic E-state index is 12.3. The van der Waals surface area contributed by atoms with E-state index in [0.717, 1.165) is 24.2 Å². The molecule has 1 saturated carbocycles. The van der Waals surface area contributed by atoms with E-state index in [0.29, 0.717) is 5.84 Å². The Labute approximate surface area is 126 Å². The van der Waals surface area contributed by atoms with Gasteiger partial charge in [0.1, 0.15) is 5.84 Å². The lowest BCUT2D eigenvalue weighted by molar-refractivity contribution is 0.218. The fraction of sp³-hybridized carbons (Fsp3) is 0.500. The van der Waals surface area contributed by atoms with E-state index in [9.17, 15) is 4.79 Å². The van der Waals surface area contributed by atoms with Gasteiger partial charge < -0.3 is 10.3 Å². The van der Waals surface area contributed by atoms with Crippen molar-refractivity contribution < 1.29 is 4.79 Å². The second-order valence-corrected chi connectivity index (χ2v) is 5.51. The van der Waals surface area contributed by atoms with Crippen LogP contribution in [0.3, 0.4) is 0 Å². The molecule has 0 spiro atoms. The minimum absolute atomic E-state index is 0.117. The number of amidine groups is 1. The molecule has 0 bridgehead atoms. The zero-order valence-electron chi connectivity index (χ0n) is 12.9. The van der Waals surface area contributed by atoms with Crippen LogP contribution in [-0.4, -0.2) is 34.8 Å². The van der Waals surface area contributed by atoms with Crippen LogP contribution in [-0.2, 0) is 0 Å². The Balaban J connectivity index is 2.03. The van der Waals surface area contributed by atoms with Gasteiger partial charge in [0, 0.05) is 25.0 Å². The first-order valence-corrected chi connectivity index (χ1v) is 7.51. The number of amides is 2. The molecule has 1 aliphatic rings. The van der Waals surface area contributed by atoms with Crippen molar-refractivity contribution >= 4 is 17.6 Å². The number of H-pyrrole nitrogens is 1. The highest BCUT2D eigenvalue weighted by atomic mass is 16.2. The number of likely N-dealkylation sites (N-methyl/N-ethyl adjacent to an activating group) is 1. The maximum Gasteiger partial charge on any atom is 0.323 e. The van der Waals surface area contributed by atoms with E-state index in [4.69, 9.17) is 0 Å². The number of hydrogen-bond donors (Lipinski definition) is 2. The van der Waals surface area contributed by atoms with Crippen LogP contribution in [0.5, 0.6) is 0 Å². The van der Waals surface area contributed by atoms with Crippen molar-refractivity contribution in [2.24, 2.45) is 4.99 Å². The van der Waals surface area contributed by atoms with E-state index in [1.165, 1.54) is 24.2 Å². The molecule has 0 atom stereocenters. The van der Waals surface area contributed by atoms with Crippen LogP contribution < -0.4 is 5.32 Å². The molecule has 5 nitrogen and oxygen atoms in total. The van der Waals surface area contributed by atoms with Crippen LogP contribution in [0.15, 0.2) is 29.9 Å². The van der Waals surface area contributed by atoms with Crippen LogP contribution >= 0.6 is 0 Å². The number of aliphatic imine (C=N–C) groups is 1. The summed E-state index contributed by atoms with van der Waals surface area (Å²) in [4.78, 5) is 21.4. The van der Waals surface area contributed by atoms with Crippen LogP contribution in [0.1, 0.15) is 37.8 Å². The Morgan fingerprint density at radius 2 is 2.19 bits per heavy atom. The number of rotatable bonds is 3. The SMILES string of the molecule is C=CC(=Nc1cc[nH]c1C)N(C)C(=O)NC1CCCCC1. The first-order valence-electron chi connectivity index (χ1n) is 7.51. The fourth-order valence-corrected chi connectivity index (χ4v) is 2.57. The number of carbonyl (C=O) groups is 1. The number of aromatic nitrogens is 1. The topological polar surface area (TPSA) is 60.5 Å². The third kappa shape index (κ3) is 3.97. The molecule has 0 radical (unpaired) electrons. The summed E-state index contributed by atoms with van der Waals surface area (Å²) in [6, 6.07) is 2.05. The van der Waals surface area contributed by atoms with Crippen molar-refractivity contribution in [2.75, 3.05) is 7.05 Å². The lowest BCUT2D eigenvalue weighted by Crippen LogP contribution is -2.45. The molecule has 1 fully saturated rings. The largest absolute Gasteiger partial charge is 0.363 e. The molecular formula is C16H24N4O. The van der Waals surface area contributed by atoms with Gasteiger partial charge in [0.15, 0.2) is 0 Å². The predicted molar refractivity (Wildman–Crippen MR) is 86.0 cm³/mol. The quantitative estimate of drug-likeness (QED) is 0.649. The highest BCUT2D eigenvalue weighted by Gasteiger charge is 2.19. The van der Waals surface area contributed by atoms with Gasteiger partial charge in [0.2, 0.25) is 0 Å².